The van der Waals surface area contributed by atoms with Gasteiger partial charge in [0, 0.05) is 10.6 Å². The first-order chi connectivity index (χ1) is 11.6. The number of nitrogens with zero attached hydrogens (tertiary/aromatic N) is 1. The Hall–Kier alpha value is -2.60. The van der Waals surface area contributed by atoms with Gasteiger partial charge in [0.05, 0.1) is 11.1 Å². The van der Waals surface area contributed by atoms with Gasteiger partial charge in [-0.05, 0) is 30.7 Å². The maximum atomic E-state index is 12.4. The SMILES string of the molecule is O=C(O)[C@H](CCSc1ccccc1)N1C(=O)c2ccccc2C1=O. The zero-order valence-corrected chi connectivity index (χ0v) is 13.5. The van der Waals surface area contributed by atoms with Crippen molar-refractivity contribution in [2.24, 2.45) is 0 Å². The predicted molar refractivity (Wildman–Crippen MR) is 90.1 cm³/mol. The first kappa shape index (κ1) is 16.3. The molecule has 6 heteroatoms. The number of rotatable bonds is 6. The van der Waals surface area contributed by atoms with Crippen molar-refractivity contribution in [2.75, 3.05) is 5.75 Å². The van der Waals surface area contributed by atoms with Crippen LogP contribution in [0.25, 0.3) is 0 Å². The molecule has 2 aromatic rings. The van der Waals surface area contributed by atoms with Crippen molar-refractivity contribution in [2.45, 2.75) is 17.4 Å². The highest BCUT2D eigenvalue weighted by atomic mass is 32.2. The van der Waals surface area contributed by atoms with Gasteiger partial charge in [0.25, 0.3) is 11.8 Å². The van der Waals surface area contributed by atoms with Gasteiger partial charge in [0.2, 0.25) is 0 Å². The topological polar surface area (TPSA) is 74.7 Å². The molecular formula is C18H15NO4S. The first-order valence-corrected chi connectivity index (χ1v) is 8.45. The van der Waals surface area contributed by atoms with Crippen molar-refractivity contribution < 1.29 is 19.5 Å². The van der Waals surface area contributed by atoms with Crippen molar-refractivity contribution in [1.29, 1.82) is 0 Å². The Morgan fingerprint density at radius 1 is 0.958 bits per heavy atom. The number of benzene rings is 2. The smallest absolute Gasteiger partial charge is 0.326 e. The van der Waals surface area contributed by atoms with Gasteiger partial charge in [0.15, 0.2) is 0 Å². The van der Waals surface area contributed by atoms with Gasteiger partial charge in [-0.3, -0.25) is 14.5 Å². The number of carboxylic acid groups (broad SMARTS) is 1. The lowest BCUT2D eigenvalue weighted by Gasteiger charge is -2.22. The molecule has 1 atom stereocenters. The molecule has 2 aromatic carbocycles. The molecule has 1 aliphatic rings. The number of carbonyl (C=O) groups excluding carboxylic acids is 2. The van der Waals surface area contributed by atoms with Gasteiger partial charge in [0.1, 0.15) is 6.04 Å². The molecule has 0 fully saturated rings. The van der Waals surface area contributed by atoms with Crippen LogP contribution >= 0.6 is 11.8 Å². The van der Waals surface area contributed by atoms with Crippen LogP contribution in [0.4, 0.5) is 0 Å². The maximum absolute atomic E-state index is 12.4. The minimum Gasteiger partial charge on any atom is -0.480 e. The van der Waals surface area contributed by atoms with E-state index >= 15 is 0 Å². The molecule has 1 heterocycles. The summed E-state index contributed by atoms with van der Waals surface area (Å²) in [4.78, 5) is 38.3. The van der Waals surface area contributed by atoms with Gasteiger partial charge < -0.3 is 5.11 Å². The van der Waals surface area contributed by atoms with Crippen molar-refractivity contribution in [3.8, 4) is 0 Å². The summed E-state index contributed by atoms with van der Waals surface area (Å²) in [6.07, 6.45) is 0.195. The number of hydrogen-bond acceptors (Lipinski definition) is 4. The largest absolute Gasteiger partial charge is 0.480 e. The molecule has 122 valence electrons. The molecule has 24 heavy (non-hydrogen) atoms. The lowest BCUT2D eigenvalue weighted by atomic mass is 10.1. The summed E-state index contributed by atoms with van der Waals surface area (Å²) in [5.74, 6) is -1.74. The van der Waals surface area contributed by atoms with Crippen LogP contribution < -0.4 is 0 Å². The van der Waals surface area contributed by atoms with Crippen molar-refractivity contribution in [3.05, 3.63) is 65.7 Å². The third-order valence-corrected chi connectivity index (χ3v) is 4.87. The number of fused-ring (bicyclic) bond motifs is 1. The van der Waals surface area contributed by atoms with Crippen molar-refractivity contribution in [3.63, 3.8) is 0 Å². The minimum absolute atomic E-state index is 0.195. The fraction of sp³-hybridized carbons (Fsp3) is 0.167. The standard InChI is InChI=1S/C18H15NO4S/c20-16-13-8-4-5-9-14(13)17(21)19(16)15(18(22)23)10-11-24-12-6-2-1-3-7-12/h1-9,15H,10-11H2,(H,22,23)/t15-/m0/s1. The first-order valence-electron chi connectivity index (χ1n) is 7.47. The third-order valence-electron chi connectivity index (χ3n) is 3.83. The van der Waals surface area contributed by atoms with E-state index in [2.05, 4.69) is 0 Å². The Morgan fingerprint density at radius 2 is 1.50 bits per heavy atom. The summed E-state index contributed by atoms with van der Waals surface area (Å²) in [5, 5.41) is 9.49. The second-order valence-corrected chi connectivity index (χ2v) is 6.50. The van der Waals surface area contributed by atoms with Gasteiger partial charge >= 0.3 is 5.97 Å². The molecule has 0 radical (unpaired) electrons. The van der Waals surface area contributed by atoms with E-state index in [0.29, 0.717) is 5.75 Å². The van der Waals surface area contributed by atoms with E-state index in [1.807, 2.05) is 30.3 Å². The molecule has 0 unspecified atom stereocenters. The second-order valence-electron chi connectivity index (χ2n) is 5.33. The van der Waals surface area contributed by atoms with Crippen molar-refractivity contribution in [1.82, 2.24) is 4.90 Å². The highest BCUT2D eigenvalue weighted by molar-refractivity contribution is 7.99. The Morgan fingerprint density at radius 3 is 2.04 bits per heavy atom. The Kier molecular flexibility index (Phi) is 4.66. The number of imide groups is 1. The quantitative estimate of drug-likeness (QED) is 0.646. The monoisotopic (exact) mass is 341 g/mol. The summed E-state index contributed by atoms with van der Waals surface area (Å²) in [6, 6.07) is 14.8. The van der Waals surface area contributed by atoms with E-state index in [4.69, 9.17) is 0 Å². The molecule has 3 rings (SSSR count). The van der Waals surface area contributed by atoms with Crippen LogP contribution in [0.15, 0.2) is 59.5 Å². The molecule has 0 spiro atoms. The summed E-state index contributed by atoms with van der Waals surface area (Å²) >= 11 is 1.50. The number of aliphatic carboxylic acids is 1. The summed E-state index contributed by atoms with van der Waals surface area (Å²) in [7, 11) is 0. The van der Waals surface area contributed by atoms with E-state index in [0.717, 1.165) is 9.80 Å². The molecular weight excluding hydrogens is 326 g/mol. The molecule has 0 aromatic heterocycles. The van der Waals surface area contributed by atoms with Gasteiger partial charge in [-0.15, -0.1) is 11.8 Å². The molecule has 2 amide bonds. The van der Waals surface area contributed by atoms with Gasteiger partial charge in [-0.2, -0.15) is 0 Å². The van der Waals surface area contributed by atoms with Gasteiger partial charge in [-0.25, -0.2) is 4.79 Å². The molecule has 1 aliphatic heterocycles. The van der Waals surface area contributed by atoms with Crippen LogP contribution in [-0.2, 0) is 4.79 Å². The van der Waals surface area contributed by atoms with E-state index in [-0.39, 0.29) is 17.5 Å². The average molecular weight is 341 g/mol. The number of carboxylic acids is 1. The normalized spacial score (nSPS) is 14.6. The van der Waals surface area contributed by atoms with E-state index in [9.17, 15) is 19.5 Å². The number of carbonyl (C=O) groups is 3. The Balaban J connectivity index is 1.74. The zero-order valence-electron chi connectivity index (χ0n) is 12.7. The Labute approximate surface area is 143 Å². The lowest BCUT2D eigenvalue weighted by molar-refractivity contribution is -0.141. The summed E-state index contributed by atoms with van der Waals surface area (Å²) in [5.41, 5.74) is 0.536. The van der Waals surface area contributed by atoms with Crippen LogP contribution in [0.2, 0.25) is 0 Å². The number of hydrogen-bond donors (Lipinski definition) is 1. The minimum atomic E-state index is -1.17. The van der Waals surface area contributed by atoms with Crippen LogP contribution in [0.3, 0.4) is 0 Å². The summed E-state index contributed by atoms with van der Waals surface area (Å²) in [6.45, 7) is 0. The molecule has 0 bridgehead atoms. The highest BCUT2D eigenvalue weighted by Gasteiger charge is 2.42. The highest BCUT2D eigenvalue weighted by Crippen LogP contribution is 2.27. The maximum Gasteiger partial charge on any atom is 0.326 e. The molecule has 0 saturated carbocycles. The molecule has 0 saturated heterocycles. The average Bonchev–Trinajstić information content (AvgIpc) is 2.84. The lowest BCUT2D eigenvalue weighted by Crippen LogP contribution is -2.45. The number of thioether (sulfide) groups is 1. The van der Waals surface area contributed by atoms with E-state index < -0.39 is 23.8 Å². The van der Waals surface area contributed by atoms with Crippen LogP contribution in [-0.4, -0.2) is 39.6 Å². The van der Waals surface area contributed by atoms with Crippen molar-refractivity contribution >= 4 is 29.5 Å². The van der Waals surface area contributed by atoms with Crippen LogP contribution in [0.1, 0.15) is 27.1 Å². The van der Waals surface area contributed by atoms with E-state index in [1.54, 1.807) is 24.3 Å². The molecule has 5 nitrogen and oxygen atoms in total. The number of amides is 2. The third kappa shape index (κ3) is 3.05. The zero-order chi connectivity index (χ0) is 17.1. The molecule has 1 N–H and O–H groups in total. The Bertz CT molecular complexity index is 756. The van der Waals surface area contributed by atoms with E-state index in [1.165, 1.54) is 11.8 Å². The van der Waals surface area contributed by atoms with Crippen LogP contribution in [0, 0.1) is 0 Å². The predicted octanol–water partition coefficient (Wildman–Crippen LogP) is 2.92. The van der Waals surface area contributed by atoms with Gasteiger partial charge in [-0.1, -0.05) is 30.3 Å². The molecule has 0 aliphatic carbocycles. The fourth-order valence-electron chi connectivity index (χ4n) is 2.66. The second kappa shape index (κ2) is 6.88. The fourth-order valence-corrected chi connectivity index (χ4v) is 3.59. The van der Waals surface area contributed by atoms with Crippen LogP contribution in [0.5, 0.6) is 0 Å². The summed E-state index contributed by atoms with van der Waals surface area (Å²) < 4.78 is 0.